The normalized spacial score (nSPS) is 10.3. The monoisotopic (exact) mass is 393 g/mol. The molecule has 1 amide bonds. The fourth-order valence-corrected chi connectivity index (χ4v) is 2.65. The van der Waals surface area contributed by atoms with Gasteiger partial charge in [-0.1, -0.05) is 12.1 Å². The average Bonchev–Trinajstić information content (AvgIpc) is 2.70. The van der Waals surface area contributed by atoms with Crippen molar-refractivity contribution in [1.82, 2.24) is 10.3 Å². The standard InChI is InChI=1S/C20H15N3O6/c21-8-11-1-3-12(4-2-11)10-29-13-5-6-14-15(7-13)23-20(28)17(18(14)26)19(27)22-9-16(24)25/h1-7H,9-10H2,(H,22,27)(H,24,25)(H2,23,26,28). The largest absolute Gasteiger partial charge is 0.506 e. The number of nitrogens with zero attached hydrogens (tertiary/aromatic N) is 1. The molecule has 3 rings (SSSR count). The number of pyridine rings is 1. The lowest BCUT2D eigenvalue weighted by Crippen LogP contribution is -2.33. The van der Waals surface area contributed by atoms with Gasteiger partial charge >= 0.3 is 5.97 Å². The van der Waals surface area contributed by atoms with Crippen molar-refractivity contribution in [2.24, 2.45) is 0 Å². The molecule has 0 saturated heterocycles. The van der Waals surface area contributed by atoms with Crippen LogP contribution < -0.4 is 15.6 Å². The summed E-state index contributed by atoms with van der Waals surface area (Å²) in [6.07, 6.45) is 0. The molecule has 0 aliphatic carbocycles. The minimum absolute atomic E-state index is 0.204. The van der Waals surface area contributed by atoms with Gasteiger partial charge in [-0.15, -0.1) is 0 Å². The van der Waals surface area contributed by atoms with Crippen molar-refractivity contribution in [1.29, 1.82) is 5.26 Å². The first-order chi connectivity index (χ1) is 13.9. The molecule has 2 aromatic carbocycles. The Hall–Kier alpha value is -4.32. The fraction of sp³-hybridized carbons (Fsp3) is 0.100. The van der Waals surface area contributed by atoms with Gasteiger partial charge in [-0.2, -0.15) is 5.26 Å². The number of nitrogens with one attached hydrogen (secondary N) is 2. The first-order valence-corrected chi connectivity index (χ1v) is 8.40. The molecule has 0 spiro atoms. The zero-order valence-corrected chi connectivity index (χ0v) is 14.9. The van der Waals surface area contributed by atoms with E-state index in [1.165, 1.54) is 12.1 Å². The fourth-order valence-electron chi connectivity index (χ4n) is 2.65. The number of aromatic amines is 1. The van der Waals surface area contributed by atoms with Gasteiger partial charge in [0, 0.05) is 11.5 Å². The Labute approximate surface area is 163 Å². The molecule has 4 N–H and O–H groups in total. The van der Waals surface area contributed by atoms with Gasteiger partial charge in [-0.25, -0.2) is 0 Å². The molecule has 0 aliphatic rings. The summed E-state index contributed by atoms with van der Waals surface area (Å²) < 4.78 is 5.66. The SMILES string of the molecule is N#Cc1ccc(COc2ccc3c(O)c(C(=O)NCC(=O)O)c(=O)[nH]c3c2)cc1. The maximum absolute atomic E-state index is 12.2. The Balaban J connectivity index is 1.83. The van der Waals surface area contributed by atoms with E-state index in [0.29, 0.717) is 11.3 Å². The molecule has 0 fully saturated rings. The smallest absolute Gasteiger partial charge is 0.322 e. The molecule has 0 bridgehead atoms. The summed E-state index contributed by atoms with van der Waals surface area (Å²) in [6, 6.07) is 13.4. The summed E-state index contributed by atoms with van der Waals surface area (Å²) in [4.78, 5) is 37.2. The molecule has 9 heteroatoms. The summed E-state index contributed by atoms with van der Waals surface area (Å²) in [5.41, 5.74) is 0.202. The number of carbonyl (C=O) groups excluding carboxylic acids is 1. The van der Waals surface area contributed by atoms with Crippen molar-refractivity contribution in [3.05, 3.63) is 69.5 Å². The number of aromatic nitrogens is 1. The summed E-state index contributed by atoms with van der Waals surface area (Å²) in [5, 5.41) is 30.0. The van der Waals surface area contributed by atoms with Gasteiger partial charge in [-0.3, -0.25) is 14.4 Å². The van der Waals surface area contributed by atoms with Crippen LogP contribution in [0.3, 0.4) is 0 Å². The molecule has 0 radical (unpaired) electrons. The number of aromatic hydroxyl groups is 1. The van der Waals surface area contributed by atoms with Crippen LogP contribution in [0.1, 0.15) is 21.5 Å². The van der Waals surface area contributed by atoms with Crippen molar-refractivity contribution in [3.63, 3.8) is 0 Å². The molecule has 1 heterocycles. The van der Waals surface area contributed by atoms with Gasteiger partial charge in [0.1, 0.15) is 30.2 Å². The van der Waals surface area contributed by atoms with Crippen LogP contribution in [0.4, 0.5) is 0 Å². The highest BCUT2D eigenvalue weighted by Crippen LogP contribution is 2.28. The topological polar surface area (TPSA) is 153 Å². The molecule has 9 nitrogen and oxygen atoms in total. The average molecular weight is 393 g/mol. The van der Waals surface area contributed by atoms with Crippen molar-refractivity contribution in [3.8, 4) is 17.6 Å². The van der Waals surface area contributed by atoms with Gasteiger partial charge in [0.05, 0.1) is 17.1 Å². The first-order valence-electron chi connectivity index (χ1n) is 8.40. The summed E-state index contributed by atoms with van der Waals surface area (Å²) >= 11 is 0. The Morgan fingerprint density at radius 1 is 1.17 bits per heavy atom. The van der Waals surface area contributed by atoms with Gasteiger partial charge in [0.2, 0.25) is 0 Å². The molecule has 0 saturated carbocycles. The van der Waals surface area contributed by atoms with Crippen LogP contribution in [-0.2, 0) is 11.4 Å². The highest BCUT2D eigenvalue weighted by molar-refractivity contribution is 6.03. The van der Waals surface area contributed by atoms with Crippen LogP contribution in [0.15, 0.2) is 47.3 Å². The van der Waals surface area contributed by atoms with E-state index in [2.05, 4.69) is 4.98 Å². The second-order valence-corrected chi connectivity index (χ2v) is 6.06. The third kappa shape index (κ3) is 4.33. The number of fused-ring (bicyclic) bond motifs is 1. The number of carbonyl (C=O) groups is 2. The number of rotatable bonds is 6. The molecular weight excluding hydrogens is 378 g/mol. The summed E-state index contributed by atoms with van der Waals surface area (Å²) in [6.45, 7) is -0.457. The predicted molar refractivity (Wildman–Crippen MR) is 102 cm³/mol. The number of hydrogen-bond acceptors (Lipinski definition) is 6. The zero-order valence-electron chi connectivity index (χ0n) is 14.9. The lowest BCUT2D eigenvalue weighted by atomic mass is 10.1. The van der Waals surface area contributed by atoms with Crippen LogP contribution in [0, 0.1) is 11.3 Å². The number of hydrogen-bond donors (Lipinski definition) is 4. The maximum atomic E-state index is 12.2. The van der Waals surface area contributed by atoms with E-state index in [9.17, 15) is 19.5 Å². The van der Waals surface area contributed by atoms with Crippen LogP contribution in [0.2, 0.25) is 0 Å². The number of carboxylic acid groups (broad SMARTS) is 1. The molecule has 0 aliphatic heterocycles. The maximum Gasteiger partial charge on any atom is 0.322 e. The van der Waals surface area contributed by atoms with Crippen molar-refractivity contribution >= 4 is 22.8 Å². The number of aliphatic carboxylic acids is 1. The minimum Gasteiger partial charge on any atom is -0.506 e. The number of amides is 1. The number of ether oxygens (including phenoxy) is 1. The molecule has 0 atom stereocenters. The summed E-state index contributed by atoms with van der Waals surface area (Å²) in [7, 11) is 0. The van der Waals surface area contributed by atoms with Crippen LogP contribution >= 0.6 is 0 Å². The van der Waals surface area contributed by atoms with E-state index in [0.717, 1.165) is 5.56 Å². The predicted octanol–water partition coefficient (Wildman–Crippen LogP) is 1.50. The Bertz CT molecular complexity index is 1190. The van der Waals surface area contributed by atoms with Gasteiger partial charge in [0.25, 0.3) is 11.5 Å². The third-order valence-electron chi connectivity index (χ3n) is 4.07. The van der Waals surface area contributed by atoms with Gasteiger partial charge in [0.15, 0.2) is 0 Å². The van der Waals surface area contributed by atoms with E-state index in [4.69, 9.17) is 15.1 Å². The quantitative estimate of drug-likeness (QED) is 0.495. The second-order valence-electron chi connectivity index (χ2n) is 6.06. The summed E-state index contributed by atoms with van der Waals surface area (Å²) in [5.74, 6) is -2.40. The second kappa shape index (κ2) is 8.14. The molecule has 3 aromatic rings. The molecule has 146 valence electrons. The molecular formula is C20H15N3O6. The number of H-pyrrole nitrogens is 1. The minimum atomic E-state index is -1.28. The van der Waals surface area contributed by atoms with Crippen LogP contribution in [0.25, 0.3) is 10.9 Å². The van der Waals surface area contributed by atoms with Crippen LogP contribution in [-0.4, -0.2) is 33.6 Å². The number of benzene rings is 2. The van der Waals surface area contributed by atoms with Crippen molar-refractivity contribution < 1.29 is 24.5 Å². The third-order valence-corrected chi connectivity index (χ3v) is 4.07. The Morgan fingerprint density at radius 2 is 1.90 bits per heavy atom. The molecule has 0 unspecified atom stereocenters. The van der Waals surface area contributed by atoms with E-state index in [1.807, 2.05) is 11.4 Å². The Morgan fingerprint density at radius 3 is 2.55 bits per heavy atom. The number of nitriles is 1. The van der Waals surface area contributed by atoms with E-state index in [1.54, 1.807) is 30.3 Å². The molecule has 1 aromatic heterocycles. The van der Waals surface area contributed by atoms with Gasteiger partial charge < -0.3 is 25.3 Å². The molecule has 29 heavy (non-hydrogen) atoms. The van der Waals surface area contributed by atoms with Crippen LogP contribution in [0.5, 0.6) is 11.5 Å². The Kier molecular flexibility index (Phi) is 5.46. The number of carboxylic acids is 1. The lowest BCUT2D eigenvalue weighted by molar-refractivity contribution is -0.135. The van der Waals surface area contributed by atoms with Crippen molar-refractivity contribution in [2.75, 3.05) is 6.54 Å². The van der Waals surface area contributed by atoms with E-state index in [-0.39, 0.29) is 17.5 Å². The van der Waals surface area contributed by atoms with Crippen molar-refractivity contribution in [2.45, 2.75) is 6.61 Å². The highest BCUT2D eigenvalue weighted by atomic mass is 16.5. The van der Waals surface area contributed by atoms with Gasteiger partial charge in [-0.05, 0) is 29.8 Å². The zero-order chi connectivity index (χ0) is 21.0. The van der Waals surface area contributed by atoms with E-state index < -0.39 is 35.3 Å². The first kappa shape index (κ1) is 19.4. The van der Waals surface area contributed by atoms with E-state index >= 15 is 0 Å². The lowest BCUT2D eigenvalue weighted by Gasteiger charge is -2.10. The highest BCUT2D eigenvalue weighted by Gasteiger charge is 2.19.